The van der Waals surface area contributed by atoms with E-state index < -0.39 is 0 Å². The van der Waals surface area contributed by atoms with Crippen molar-refractivity contribution in [3.05, 3.63) is 12.2 Å². The Kier molecular flexibility index (Phi) is 4.22. The molecule has 0 saturated heterocycles. The molecule has 0 amide bonds. The Bertz CT molecular complexity index is 192. The van der Waals surface area contributed by atoms with Gasteiger partial charge in [-0.3, -0.25) is 0 Å². The molecule has 0 heteroatoms. The van der Waals surface area contributed by atoms with Gasteiger partial charge in [0.05, 0.1) is 0 Å². The van der Waals surface area contributed by atoms with Crippen molar-refractivity contribution < 1.29 is 0 Å². The molecule has 0 aromatic carbocycles. The van der Waals surface area contributed by atoms with Gasteiger partial charge in [0.25, 0.3) is 0 Å². The summed E-state index contributed by atoms with van der Waals surface area (Å²) in [6, 6.07) is 0. The van der Waals surface area contributed by atoms with Crippen LogP contribution in [0.15, 0.2) is 12.2 Å². The minimum absolute atomic E-state index is 0.790. The molecule has 0 nitrogen and oxygen atoms in total. The Morgan fingerprint density at radius 3 is 2.36 bits per heavy atom. The lowest BCUT2D eigenvalue weighted by molar-refractivity contribution is 0.146. The summed E-state index contributed by atoms with van der Waals surface area (Å²) in [5.74, 6) is 3.54. The molecule has 1 rings (SSSR count). The average Bonchev–Trinajstić information content (AvgIpc) is 2.10. The third-order valence-electron chi connectivity index (χ3n) is 4.08. The second kappa shape index (κ2) is 5.00. The van der Waals surface area contributed by atoms with E-state index in [1.165, 1.54) is 31.3 Å². The Morgan fingerprint density at radius 1 is 1.21 bits per heavy atom. The third kappa shape index (κ3) is 2.62. The van der Waals surface area contributed by atoms with E-state index in [-0.39, 0.29) is 0 Å². The van der Waals surface area contributed by atoms with Crippen molar-refractivity contribution in [3.8, 4) is 0 Å². The lowest BCUT2D eigenvalue weighted by Gasteiger charge is -2.39. The maximum atomic E-state index is 4.13. The topological polar surface area (TPSA) is 0 Å². The molecule has 4 atom stereocenters. The summed E-state index contributed by atoms with van der Waals surface area (Å²) in [5.41, 5.74) is 1.40. The van der Waals surface area contributed by atoms with Crippen molar-refractivity contribution in [2.24, 2.45) is 23.7 Å². The molecule has 0 heterocycles. The minimum atomic E-state index is 0.790. The van der Waals surface area contributed by atoms with Crippen LogP contribution >= 0.6 is 0 Å². The molecule has 0 N–H and O–H groups in total. The fraction of sp³-hybridized carbons (Fsp3) is 0.857. The minimum Gasteiger partial charge on any atom is -0.0999 e. The quantitative estimate of drug-likeness (QED) is 0.573. The Morgan fingerprint density at radius 2 is 1.86 bits per heavy atom. The van der Waals surface area contributed by atoms with Gasteiger partial charge < -0.3 is 0 Å². The van der Waals surface area contributed by atoms with Gasteiger partial charge in [-0.1, -0.05) is 45.8 Å². The monoisotopic (exact) mass is 194 g/mol. The number of hydrogen-bond donors (Lipinski definition) is 0. The molecule has 0 radical (unpaired) electrons. The summed E-state index contributed by atoms with van der Waals surface area (Å²) in [7, 11) is 0. The average molecular weight is 194 g/mol. The summed E-state index contributed by atoms with van der Waals surface area (Å²) in [4.78, 5) is 0. The molecule has 1 aliphatic rings. The van der Waals surface area contributed by atoms with Crippen molar-refractivity contribution in [2.75, 3.05) is 0 Å². The molecule has 4 unspecified atom stereocenters. The molecule has 1 aliphatic carbocycles. The van der Waals surface area contributed by atoms with Crippen LogP contribution in [0.4, 0.5) is 0 Å². The second-order valence-electron chi connectivity index (χ2n) is 5.43. The standard InChI is InChI=1S/C14H26/c1-6-7-13-8-12(5)14(10(2)3)9-11(13)4/h11-14H,2,6-9H2,1,3-5H3. The van der Waals surface area contributed by atoms with E-state index in [9.17, 15) is 0 Å². The van der Waals surface area contributed by atoms with Crippen LogP contribution in [0.25, 0.3) is 0 Å². The highest BCUT2D eigenvalue weighted by atomic mass is 14.4. The van der Waals surface area contributed by atoms with Crippen molar-refractivity contribution in [1.29, 1.82) is 0 Å². The lowest BCUT2D eigenvalue weighted by atomic mass is 9.66. The van der Waals surface area contributed by atoms with E-state index in [4.69, 9.17) is 0 Å². The predicted molar refractivity (Wildman–Crippen MR) is 64.3 cm³/mol. The van der Waals surface area contributed by atoms with Gasteiger partial charge in [0.15, 0.2) is 0 Å². The van der Waals surface area contributed by atoms with Crippen LogP contribution < -0.4 is 0 Å². The normalized spacial score (nSPS) is 38.3. The zero-order chi connectivity index (χ0) is 10.7. The number of allylic oxidation sites excluding steroid dienone is 1. The largest absolute Gasteiger partial charge is 0.0999 e. The van der Waals surface area contributed by atoms with Crippen LogP contribution in [0.3, 0.4) is 0 Å². The van der Waals surface area contributed by atoms with E-state index in [1.807, 2.05) is 0 Å². The second-order valence-corrected chi connectivity index (χ2v) is 5.43. The molecular formula is C14H26. The molecule has 82 valence electrons. The SMILES string of the molecule is C=C(C)C1CC(C)C(CCC)CC1C. The molecule has 1 saturated carbocycles. The molecule has 0 aliphatic heterocycles. The van der Waals surface area contributed by atoms with Crippen molar-refractivity contribution >= 4 is 0 Å². The van der Waals surface area contributed by atoms with Crippen molar-refractivity contribution in [1.82, 2.24) is 0 Å². The van der Waals surface area contributed by atoms with Gasteiger partial charge in [0.2, 0.25) is 0 Å². The zero-order valence-corrected chi connectivity index (χ0v) is 10.3. The van der Waals surface area contributed by atoms with E-state index in [2.05, 4.69) is 34.3 Å². The van der Waals surface area contributed by atoms with Crippen LogP contribution in [-0.2, 0) is 0 Å². The Hall–Kier alpha value is -0.260. The molecule has 0 bridgehead atoms. The van der Waals surface area contributed by atoms with Crippen molar-refractivity contribution in [2.45, 2.75) is 53.4 Å². The first kappa shape index (κ1) is 11.8. The molecule has 0 aromatic heterocycles. The third-order valence-corrected chi connectivity index (χ3v) is 4.08. The smallest absolute Gasteiger partial charge is 0.0180 e. The van der Waals surface area contributed by atoms with E-state index in [0.29, 0.717) is 0 Å². The number of rotatable bonds is 3. The van der Waals surface area contributed by atoms with Gasteiger partial charge in [0, 0.05) is 0 Å². The molecular weight excluding hydrogens is 168 g/mol. The van der Waals surface area contributed by atoms with Crippen LogP contribution in [0.5, 0.6) is 0 Å². The zero-order valence-electron chi connectivity index (χ0n) is 10.3. The fourth-order valence-corrected chi connectivity index (χ4v) is 3.16. The van der Waals surface area contributed by atoms with E-state index >= 15 is 0 Å². The van der Waals surface area contributed by atoms with Crippen LogP contribution in [0.2, 0.25) is 0 Å². The highest BCUT2D eigenvalue weighted by Crippen LogP contribution is 2.42. The highest BCUT2D eigenvalue weighted by Gasteiger charge is 2.32. The summed E-state index contributed by atoms with van der Waals surface area (Å²) in [6.45, 7) is 13.5. The van der Waals surface area contributed by atoms with Gasteiger partial charge in [-0.25, -0.2) is 0 Å². The number of hydrogen-bond acceptors (Lipinski definition) is 0. The molecule has 0 spiro atoms. The van der Waals surface area contributed by atoms with Crippen LogP contribution in [0.1, 0.15) is 53.4 Å². The first-order valence-corrected chi connectivity index (χ1v) is 6.21. The van der Waals surface area contributed by atoms with Crippen molar-refractivity contribution in [3.63, 3.8) is 0 Å². The maximum Gasteiger partial charge on any atom is -0.0180 e. The van der Waals surface area contributed by atoms with Gasteiger partial charge >= 0.3 is 0 Å². The summed E-state index contributed by atoms with van der Waals surface area (Å²) in [5, 5.41) is 0. The summed E-state index contributed by atoms with van der Waals surface area (Å²) in [6.07, 6.45) is 5.57. The Labute approximate surface area is 89.8 Å². The fourth-order valence-electron chi connectivity index (χ4n) is 3.16. The van der Waals surface area contributed by atoms with Gasteiger partial charge in [-0.05, 0) is 43.4 Å². The lowest BCUT2D eigenvalue weighted by Crippen LogP contribution is -2.29. The summed E-state index contributed by atoms with van der Waals surface area (Å²) < 4.78 is 0. The van der Waals surface area contributed by atoms with Gasteiger partial charge in [-0.2, -0.15) is 0 Å². The Balaban J connectivity index is 2.57. The first-order chi connectivity index (χ1) is 6.56. The van der Waals surface area contributed by atoms with Crippen LogP contribution in [0, 0.1) is 23.7 Å². The predicted octanol–water partition coefficient (Wildman–Crippen LogP) is 4.66. The van der Waals surface area contributed by atoms with Gasteiger partial charge in [0.1, 0.15) is 0 Å². The first-order valence-electron chi connectivity index (χ1n) is 6.21. The van der Waals surface area contributed by atoms with Gasteiger partial charge in [-0.15, -0.1) is 0 Å². The molecule has 1 fully saturated rings. The highest BCUT2D eigenvalue weighted by molar-refractivity contribution is 5.01. The van der Waals surface area contributed by atoms with E-state index in [1.54, 1.807) is 0 Å². The van der Waals surface area contributed by atoms with E-state index in [0.717, 1.165) is 23.7 Å². The molecule has 14 heavy (non-hydrogen) atoms. The maximum absolute atomic E-state index is 4.13. The summed E-state index contributed by atoms with van der Waals surface area (Å²) >= 11 is 0. The molecule has 0 aromatic rings. The van der Waals surface area contributed by atoms with Crippen LogP contribution in [-0.4, -0.2) is 0 Å².